The van der Waals surface area contributed by atoms with Crippen molar-refractivity contribution in [3.8, 4) is 0 Å². The Hall–Kier alpha value is -1.63. The molecular weight excluding hydrogens is 226 g/mol. The van der Waals surface area contributed by atoms with E-state index < -0.39 is 29.4 Å². The molecule has 1 fully saturated rings. The molecule has 0 aromatic carbocycles. The van der Waals surface area contributed by atoms with Crippen LogP contribution in [0, 0.1) is 0 Å². The fourth-order valence-electron chi connectivity index (χ4n) is 1.47. The highest BCUT2D eigenvalue weighted by Gasteiger charge is 2.44. The molecule has 0 bridgehead atoms. The first-order valence-corrected chi connectivity index (χ1v) is 5.32. The number of amides is 4. The zero-order chi connectivity index (χ0) is 13.2. The summed E-state index contributed by atoms with van der Waals surface area (Å²) in [7, 11) is 0. The third-order valence-electron chi connectivity index (χ3n) is 2.43. The second-order valence-corrected chi connectivity index (χ2v) is 4.60. The molecule has 7 nitrogen and oxygen atoms in total. The van der Waals surface area contributed by atoms with Gasteiger partial charge in [0.05, 0.1) is 6.61 Å². The van der Waals surface area contributed by atoms with Crippen LogP contribution in [0.5, 0.6) is 0 Å². The number of hydrogen-bond donors (Lipinski definition) is 3. The van der Waals surface area contributed by atoms with Gasteiger partial charge < -0.3 is 15.7 Å². The van der Waals surface area contributed by atoms with Crippen LogP contribution >= 0.6 is 0 Å². The molecule has 0 aliphatic carbocycles. The lowest BCUT2D eigenvalue weighted by molar-refractivity contribution is -0.134. The summed E-state index contributed by atoms with van der Waals surface area (Å²) in [5, 5.41) is 13.7. The summed E-state index contributed by atoms with van der Waals surface area (Å²) in [6.45, 7) is 4.23. The van der Waals surface area contributed by atoms with E-state index in [1.54, 1.807) is 20.8 Å². The fourth-order valence-corrected chi connectivity index (χ4v) is 1.47. The lowest BCUT2D eigenvalue weighted by atomic mass is 10.1. The summed E-state index contributed by atoms with van der Waals surface area (Å²) in [6.07, 6.45) is 0. The second-order valence-electron chi connectivity index (χ2n) is 4.60. The molecule has 0 unspecified atom stereocenters. The van der Waals surface area contributed by atoms with Gasteiger partial charge in [0, 0.05) is 6.04 Å². The van der Waals surface area contributed by atoms with Crippen LogP contribution in [-0.2, 0) is 9.59 Å². The van der Waals surface area contributed by atoms with Crippen LogP contribution in [0.4, 0.5) is 4.79 Å². The average Bonchev–Trinajstić information content (AvgIpc) is 2.40. The molecule has 1 aliphatic heterocycles. The molecule has 17 heavy (non-hydrogen) atoms. The van der Waals surface area contributed by atoms with Gasteiger partial charge >= 0.3 is 6.03 Å². The topological polar surface area (TPSA) is 98.7 Å². The van der Waals surface area contributed by atoms with Gasteiger partial charge in [-0.25, -0.2) is 4.79 Å². The Labute approximate surface area is 99.2 Å². The van der Waals surface area contributed by atoms with Gasteiger partial charge in [-0.05, 0) is 20.8 Å². The molecule has 0 aromatic rings. The number of hydrogen-bond acceptors (Lipinski definition) is 4. The monoisotopic (exact) mass is 243 g/mol. The van der Waals surface area contributed by atoms with Gasteiger partial charge in [0.2, 0.25) is 5.91 Å². The Morgan fingerprint density at radius 2 is 2.12 bits per heavy atom. The van der Waals surface area contributed by atoms with Gasteiger partial charge in [-0.1, -0.05) is 0 Å². The maximum absolute atomic E-state index is 11.7. The van der Waals surface area contributed by atoms with E-state index in [9.17, 15) is 14.4 Å². The lowest BCUT2D eigenvalue weighted by Gasteiger charge is -2.17. The normalized spacial score (nSPS) is 20.1. The molecule has 1 saturated heterocycles. The zero-order valence-corrected chi connectivity index (χ0v) is 10.1. The van der Waals surface area contributed by atoms with Gasteiger partial charge in [0.1, 0.15) is 12.1 Å². The van der Waals surface area contributed by atoms with Crippen molar-refractivity contribution in [1.29, 1.82) is 0 Å². The van der Waals surface area contributed by atoms with Crippen molar-refractivity contribution in [2.75, 3.05) is 13.2 Å². The summed E-state index contributed by atoms with van der Waals surface area (Å²) in [4.78, 5) is 35.5. The summed E-state index contributed by atoms with van der Waals surface area (Å²) >= 11 is 0. The van der Waals surface area contributed by atoms with Gasteiger partial charge in [-0.3, -0.25) is 14.5 Å². The summed E-state index contributed by atoms with van der Waals surface area (Å²) in [6, 6.07) is -0.983. The Balaban J connectivity index is 2.61. The van der Waals surface area contributed by atoms with Gasteiger partial charge in [0.25, 0.3) is 5.91 Å². The molecule has 96 valence electrons. The fraction of sp³-hybridized carbons (Fsp3) is 0.700. The van der Waals surface area contributed by atoms with E-state index in [4.69, 9.17) is 5.11 Å². The van der Waals surface area contributed by atoms with Crippen molar-refractivity contribution in [2.45, 2.75) is 32.4 Å². The molecule has 1 heterocycles. The molecule has 3 N–H and O–H groups in total. The number of nitrogens with one attached hydrogen (secondary N) is 2. The number of urea groups is 1. The molecular formula is C10H17N3O4. The number of carbonyl (C=O) groups excluding carboxylic acids is 3. The van der Waals surface area contributed by atoms with Crippen molar-refractivity contribution in [3.63, 3.8) is 0 Å². The molecule has 7 heteroatoms. The Kier molecular flexibility index (Phi) is 3.72. The minimum atomic E-state index is -0.972. The molecule has 4 amide bonds. The first-order chi connectivity index (χ1) is 7.77. The van der Waals surface area contributed by atoms with Crippen LogP contribution in [0.2, 0.25) is 0 Å². The SMILES string of the molecule is C[C@H](CO)NC(=O)CN1C(=O)NC(C)(C)C1=O. The van der Waals surface area contributed by atoms with E-state index in [1.807, 2.05) is 0 Å². The minimum absolute atomic E-state index is 0.197. The highest BCUT2D eigenvalue weighted by atomic mass is 16.3. The largest absolute Gasteiger partial charge is 0.394 e. The smallest absolute Gasteiger partial charge is 0.325 e. The van der Waals surface area contributed by atoms with Crippen LogP contribution in [0.15, 0.2) is 0 Å². The van der Waals surface area contributed by atoms with E-state index in [1.165, 1.54) is 0 Å². The van der Waals surface area contributed by atoms with E-state index in [2.05, 4.69) is 10.6 Å². The van der Waals surface area contributed by atoms with Crippen molar-refractivity contribution in [2.24, 2.45) is 0 Å². The van der Waals surface area contributed by atoms with Crippen LogP contribution in [-0.4, -0.2) is 52.6 Å². The average molecular weight is 243 g/mol. The number of imide groups is 1. The van der Waals surface area contributed by atoms with Crippen molar-refractivity contribution in [1.82, 2.24) is 15.5 Å². The highest BCUT2D eigenvalue weighted by molar-refractivity contribution is 6.08. The van der Waals surface area contributed by atoms with Crippen LogP contribution in [0.25, 0.3) is 0 Å². The zero-order valence-electron chi connectivity index (χ0n) is 10.1. The predicted octanol–water partition coefficient (Wildman–Crippen LogP) is -1.19. The minimum Gasteiger partial charge on any atom is -0.394 e. The molecule has 1 atom stereocenters. The van der Waals surface area contributed by atoms with Crippen LogP contribution < -0.4 is 10.6 Å². The van der Waals surface area contributed by atoms with E-state index >= 15 is 0 Å². The van der Waals surface area contributed by atoms with E-state index in [0.29, 0.717) is 0 Å². The lowest BCUT2D eigenvalue weighted by Crippen LogP contribution is -2.45. The summed E-state index contributed by atoms with van der Waals surface area (Å²) in [5.74, 6) is -0.915. The van der Waals surface area contributed by atoms with Gasteiger partial charge in [0.15, 0.2) is 0 Å². The molecule has 0 spiro atoms. The summed E-state index contributed by atoms with van der Waals surface area (Å²) < 4.78 is 0. The maximum atomic E-state index is 11.7. The quantitative estimate of drug-likeness (QED) is 0.541. The van der Waals surface area contributed by atoms with Gasteiger partial charge in [-0.15, -0.1) is 0 Å². The number of aliphatic hydroxyl groups excluding tert-OH is 1. The number of aliphatic hydroxyl groups is 1. The molecule has 0 aromatic heterocycles. The standard InChI is InChI=1S/C10H17N3O4/c1-6(5-14)11-7(15)4-13-8(16)10(2,3)12-9(13)17/h6,14H,4-5H2,1-3H3,(H,11,15)(H,12,17)/t6-/m1/s1. The van der Waals surface area contributed by atoms with Crippen LogP contribution in [0.3, 0.4) is 0 Å². The molecule has 1 aliphatic rings. The Morgan fingerprint density at radius 3 is 2.53 bits per heavy atom. The van der Waals surface area contributed by atoms with Gasteiger partial charge in [-0.2, -0.15) is 0 Å². The van der Waals surface area contributed by atoms with Crippen LogP contribution in [0.1, 0.15) is 20.8 Å². The van der Waals surface area contributed by atoms with Crippen molar-refractivity contribution >= 4 is 17.8 Å². The molecule has 1 rings (SSSR count). The first-order valence-electron chi connectivity index (χ1n) is 5.32. The number of nitrogens with zero attached hydrogens (tertiary/aromatic N) is 1. The Bertz CT molecular complexity index is 353. The Morgan fingerprint density at radius 1 is 1.53 bits per heavy atom. The van der Waals surface area contributed by atoms with E-state index in [0.717, 1.165) is 4.90 Å². The van der Waals surface area contributed by atoms with Crippen molar-refractivity contribution < 1.29 is 19.5 Å². The third kappa shape index (κ3) is 2.94. The first kappa shape index (κ1) is 13.4. The maximum Gasteiger partial charge on any atom is 0.325 e. The predicted molar refractivity (Wildman–Crippen MR) is 59.0 cm³/mol. The van der Waals surface area contributed by atoms with E-state index in [-0.39, 0.29) is 13.2 Å². The second kappa shape index (κ2) is 4.70. The number of rotatable bonds is 4. The highest BCUT2D eigenvalue weighted by Crippen LogP contribution is 2.15. The number of carbonyl (C=O) groups is 3. The van der Waals surface area contributed by atoms with Crippen molar-refractivity contribution in [3.05, 3.63) is 0 Å². The molecule has 0 saturated carbocycles. The third-order valence-corrected chi connectivity index (χ3v) is 2.43. The summed E-state index contributed by atoms with van der Waals surface area (Å²) in [5.41, 5.74) is -0.972. The molecule has 0 radical (unpaired) electrons.